The molecule has 116 valence electrons. The first-order valence-corrected chi connectivity index (χ1v) is 6.75. The lowest BCUT2D eigenvalue weighted by molar-refractivity contribution is -0.138. The average molecular weight is 310 g/mol. The van der Waals surface area contributed by atoms with E-state index in [-0.39, 0.29) is 17.8 Å². The molecule has 7 heteroatoms. The maximum Gasteiger partial charge on any atom is 0.325 e. The van der Waals surface area contributed by atoms with E-state index in [9.17, 15) is 9.59 Å². The zero-order valence-corrected chi connectivity index (χ0v) is 12.4. The Balaban J connectivity index is 2.45. The largest absolute Gasteiger partial charge is 0.468 e. The molecule has 0 unspecified atom stereocenters. The minimum atomic E-state index is -0.552. The van der Waals surface area contributed by atoms with Gasteiger partial charge in [0.15, 0.2) is 0 Å². The first-order valence-electron chi connectivity index (χ1n) is 6.75. The van der Waals surface area contributed by atoms with Gasteiger partial charge in [-0.25, -0.2) is 0 Å². The van der Waals surface area contributed by atoms with Gasteiger partial charge in [-0.05, 0) is 23.7 Å². The summed E-state index contributed by atoms with van der Waals surface area (Å²) in [6.45, 7) is -0.246. The molecular formula is C16H14N4O3. The highest BCUT2D eigenvalue weighted by atomic mass is 16.5. The van der Waals surface area contributed by atoms with Crippen LogP contribution in [0.2, 0.25) is 0 Å². The van der Waals surface area contributed by atoms with Crippen molar-refractivity contribution in [2.24, 2.45) is 5.11 Å². The Morgan fingerprint density at radius 3 is 2.43 bits per heavy atom. The van der Waals surface area contributed by atoms with Crippen molar-refractivity contribution in [3.05, 3.63) is 70.6 Å². The molecule has 0 N–H and O–H groups in total. The predicted molar refractivity (Wildman–Crippen MR) is 85.4 cm³/mol. The van der Waals surface area contributed by atoms with Gasteiger partial charge in [-0.2, -0.15) is 0 Å². The summed E-state index contributed by atoms with van der Waals surface area (Å²) in [4.78, 5) is 28.5. The molecule has 2 aromatic carbocycles. The van der Waals surface area contributed by atoms with Crippen LogP contribution in [0.15, 0.2) is 59.7 Å². The van der Waals surface area contributed by atoms with Gasteiger partial charge in [-0.3, -0.25) is 14.5 Å². The summed E-state index contributed by atoms with van der Waals surface area (Å²) in [7, 11) is 1.25. The molecule has 7 nitrogen and oxygen atoms in total. The maximum absolute atomic E-state index is 12.8. The summed E-state index contributed by atoms with van der Waals surface area (Å²) in [5, 5.41) is 3.52. The molecule has 2 aromatic rings. The van der Waals surface area contributed by atoms with Crippen LogP contribution in [0.3, 0.4) is 0 Å². The summed E-state index contributed by atoms with van der Waals surface area (Å²) in [6, 6.07) is 15.1. The van der Waals surface area contributed by atoms with Gasteiger partial charge in [0.25, 0.3) is 5.91 Å². The third-order valence-corrected chi connectivity index (χ3v) is 3.11. The topological polar surface area (TPSA) is 95.4 Å². The molecular weight excluding hydrogens is 296 g/mol. The van der Waals surface area contributed by atoms with E-state index in [2.05, 4.69) is 14.8 Å². The number of carbonyl (C=O) groups is 2. The van der Waals surface area contributed by atoms with Crippen LogP contribution < -0.4 is 4.90 Å². The van der Waals surface area contributed by atoms with Crippen molar-refractivity contribution in [2.45, 2.75) is 0 Å². The van der Waals surface area contributed by atoms with E-state index in [4.69, 9.17) is 5.53 Å². The number of hydrogen-bond acceptors (Lipinski definition) is 4. The normalized spacial score (nSPS) is 9.61. The van der Waals surface area contributed by atoms with E-state index in [1.165, 1.54) is 18.1 Å². The number of rotatable bonds is 5. The van der Waals surface area contributed by atoms with Crippen molar-refractivity contribution in [1.82, 2.24) is 0 Å². The van der Waals surface area contributed by atoms with Crippen LogP contribution in [0, 0.1) is 0 Å². The second kappa shape index (κ2) is 7.63. The van der Waals surface area contributed by atoms with Crippen LogP contribution in [0.4, 0.5) is 11.4 Å². The van der Waals surface area contributed by atoms with E-state index in [1.807, 2.05) is 0 Å². The van der Waals surface area contributed by atoms with E-state index in [0.717, 1.165) is 0 Å². The number of carbonyl (C=O) groups excluding carboxylic acids is 2. The Morgan fingerprint density at radius 2 is 1.78 bits per heavy atom. The Kier molecular flexibility index (Phi) is 5.33. The Labute approximate surface area is 132 Å². The third-order valence-electron chi connectivity index (χ3n) is 3.11. The van der Waals surface area contributed by atoms with E-state index >= 15 is 0 Å². The van der Waals surface area contributed by atoms with Crippen molar-refractivity contribution in [2.75, 3.05) is 18.6 Å². The molecule has 0 heterocycles. The van der Waals surface area contributed by atoms with Crippen molar-refractivity contribution in [1.29, 1.82) is 0 Å². The van der Waals surface area contributed by atoms with Crippen LogP contribution >= 0.6 is 0 Å². The summed E-state index contributed by atoms with van der Waals surface area (Å²) in [6.07, 6.45) is 0. The van der Waals surface area contributed by atoms with Gasteiger partial charge in [0.1, 0.15) is 6.54 Å². The highest BCUT2D eigenvalue weighted by Gasteiger charge is 2.22. The van der Waals surface area contributed by atoms with Crippen molar-refractivity contribution in [3.63, 3.8) is 0 Å². The first-order chi connectivity index (χ1) is 11.2. The van der Waals surface area contributed by atoms with Gasteiger partial charge in [0, 0.05) is 16.2 Å². The van der Waals surface area contributed by atoms with Crippen LogP contribution in [0.1, 0.15) is 10.4 Å². The number of amides is 1. The van der Waals surface area contributed by atoms with Crippen LogP contribution in [-0.2, 0) is 9.53 Å². The third kappa shape index (κ3) is 3.87. The van der Waals surface area contributed by atoms with Gasteiger partial charge in [-0.1, -0.05) is 41.5 Å². The lowest BCUT2D eigenvalue weighted by Crippen LogP contribution is -2.36. The lowest BCUT2D eigenvalue weighted by atomic mass is 10.1. The SMILES string of the molecule is COC(=O)CN(C(=O)c1ccccc1N=[N+]=[N-])c1ccccc1. The molecule has 0 saturated carbocycles. The number of ether oxygens (including phenoxy) is 1. The van der Waals surface area contributed by atoms with Crippen LogP contribution in [0.25, 0.3) is 10.4 Å². The quantitative estimate of drug-likeness (QED) is 0.366. The molecule has 0 aliphatic carbocycles. The molecule has 0 fully saturated rings. The van der Waals surface area contributed by atoms with Gasteiger partial charge in [0.05, 0.1) is 12.8 Å². The number of nitrogens with zero attached hydrogens (tertiary/aromatic N) is 4. The Morgan fingerprint density at radius 1 is 1.13 bits per heavy atom. The summed E-state index contributed by atoms with van der Waals surface area (Å²) in [5.74, 6) is -1.01. The second-order valence-corrected chi connectivity index (χ2v) is 4.51. The van der Waals surface area contributed by atoms with E-state index in [1.54, 1.807) is 48.5 Å². The Hall–Kier alpha value is -3.31. The van der Waals surface area contributed by atoms with Gasteiger partial charge in [0.2, 0.25) is 0 Å². The van der Waals surface area contributed by atoms with Gasteiger partial charge >= 0.3 is 5.97 Å². The number of benzene rings is 2. The number of hydrogen-bond donors (Lipinski definition) is 0. The molecule has 23 heavy (non-hydrogen) atoms. The summed E-state index contributed by atoms with van der Waals surface area (Å²) >= 11 is 0. The van der Waals surface area contributed by atoms with Crippen LogP contribution in [0.5, 0.6) is 0 Å². The fraction of sp³-hybridized carbons (Fsp3) is 0.125. The minimum absolute atomic E-state index is 0.200. The minimum Gasteiger partial charge on any atom is -0.468 e. The molecule has 0 radical (unpaired) electrons. The average Bonchev–Trinajstić information content (AvgIpc) is 2.60. The zero-order valence-electron chi connectivity index (χ0n) is 12.4. The molecule has 0 aliphatic rings. The van der Waals surface area contributed by atoms with Crippen molar-refractivity contribution in [3.8, 4) is 0 Å². The highest BCUT2D eigenvalue weighted by molar-refractivity contribution is 6.11. The summed E-state index contributed by atoms with van der Waals surface area (Å²) in [5.41, 5.74) is 9.57. The van der Waals surface area contributed by atoms with Crippen LogP contribution in [-0.4, -0.2) is 25.5 Å². The molecule has 0 bridgehead atoms. The zero-order chi connectivity index (χ0) is 16.7. The Bertz CT molecular complexity index is 755. The molecule has 0 aliphatic heterocycles. The predicted octanol–water partition coefficient (Wildman–Crippen LogP) is 3.45. The highest BCUT2D eigenvalue weighted by Crippen LogP contribution is 2.24. The standard InChI is InChI=1S/C16H14N4O3/c1-23-15(21)11-20(12-7-3-2-4-8-12)16(22)13-9-5-6-10-14(13)18-19-17/h2-10H,11H2,1H3. The maximum atomic E-state index is 12.8. The number of esters is 1. The molecule has 0 spiro atoms. The molecule has 1 amide bonds. The number of azide groups is 1. The fourth-order valence-corrected chi connectivity index (χ4v) is 2.02. The lowest BCUT2D eigenvalue weighted by Gasteiger charge is -2.22. The number of para-hydroxylation sites is 1. The molecule has 2 rings (SSSR count). The first kappa shape index (κ1) is 16.1. The van der Waals surface area contributed by atoms with Crippen molar-refractivity contribution < 1.29 is 14.3 Å². The molecule has 0 aromatic heterocycles. The smallest absolute Gasteiger partial charge is 0.325 e. The van der Waals surface area contributed by atoms with E-state index < -0.39 is 11.9 Å². The summed E-state index contributed by atoms with van der Waals surface area (Å²) < 4.78 is 4.65. The number of anilines is 1. The number of methoxy groups -OCH3 is 1. The molecule has 0 atom stereocenters. The fourth-order valence-electron chi connectivity index (χ4n) is 2.02. The monoisotopic (exact) mass is 310 g/mol. The van der Waals surface area contributed by atoms with Gasteiger partial charge in [-0.15, -0.1) is 0 Å². The van der Waals surface area contributed by atoms with Crippen molar-refractivity contribution >= 4 is 23.3 Å². The molecule has 0 saturated heterocycles. The van der Waals surface area contributed by atoms with Gasteiger partial charge < -0.3 is 4.74 Å². The second-order valence-electron chi connectivity index (χ2n) is 4.51. The van der Waals surface area contributed by atoms with E-state index in [0.29, 0.717) is 5.69 Å².